The number of unbranched alkanes of at least 4 members (excludes halogenated alkanes) is 1. The van der Waals surface area contributed by atoms with Crippen LogP contribution in [0.1, 0.15) is 33.1 Å². The molecule has 0 saturated carbocycles. The minimum Gasteiger partial charge on any atom is -0.330 e. The van der Waals surface area contributed by atoms with Gasteiger partial charge in [-0.25, -0.2) is 0 Å². The highest BCUT2D eigenvalue weighted by molar-refractivity contribution is 5.78. The highest BCUT2D eigenvalue weighted by Gasteiger charge is 2.43. The van der Waals surface area contributed by atoms with Crippen molar-refractivity contribution in [1.82, 2.24) is 5.32 Å². The SMILES string of the molecule is CC1=C(NC(=O)CCCCN)C=CC(C(F)(F)F)C1C. The smallest absolute Gasteiger partial charge is 0.330 e. The maximum absolute atomic E-state index is 12.8. The molecular weight excluding hydrogens is 269 g/mol. The summed E-state index contributed by atoms with van der Waals surface area (Å²) >= 11 is 0. The van der Waals surface area contributed by atoms with Crippen LogP contribution >= 0.6 is 0 Å². The van der Waals surface area contributed by atoms with E-state index in [0.29, 0.717) is 30.7 Å². The molecule has 0 radical (unpaired) electrons. The molecule has 6 heteroatoms. The molecule has 1 amide bonds. The van der Waals surface area contributed by atoms with Crippen LogP contribution in [0.25, 0.3) is 0 Å². The molecule has 0 aromatic rings. The van der Waals surface area contributed by atoms with E-state index in [9.17, 15) is 18.0 Å². The number of hydrogen-bond acceptors (Lipinski definition) is 2. The Kier molecular flexibility index (Phi) is 5.80. The Morgan fingerprint density at radius 2 is 2.05 bits per heavy atom. The Labute approximate surface area is 117 Å². The lowest BCUT2D eigenvalue weighted by molar-refractivity contribution is -0.170. The zero-order chi connectivity index (χ0) is 15.3. The van der Waals surface area contributed by atoms with Gasteiger partial charge in [0.1, 0.15) is 0 Å². The number of hydrogen-bond donors (Lipinski definition) is 2. The molecule has 20 heavy (non-hydrogen) atoms. The lowest BCUT2D eigenvalue weighted by Gasteiger charge is -2.29. The molecule has 0 saturated heterocycles. The zero-order valence-electron chi connectivity index (χ0n) is 11.8. The maximum Gasteiger partial charge on any atom is 0.395 e. The number of halogens is 3. The second-order valence-electron chi connectivity index (χ2n) is 5.11. The number of amides is 1. The van der Waals surface area contributed by atoms with Crippen LogP contribution in [0.3, 0.4) is 0 Å². The van der Waals surface area contributed by atoms with Crippen molar-refractivity contribution in [2.45, 2.75) is 39.3 Å². The Morgan fingerprint density at radius 3 is 2.60 bits per heavy atom. The quantitative estimate of drug-likeness (QED) is 0.765. The van der Waals surface area contributed by atoms with Crippen LogP contribution in [-0.4, -0.2) is 18.6 Å². The first kappa shape index (κ1) is 16.8. The van der Waals surface area contributed by atoms with Crippen molar-refractivity contribution >= 4 is 5.91 Å². The van der Waals surface area contributed by atoms with E-state index >= 15 is 0 Å². The molecule has 2 atom stereocenters. The van der Waals surface area contributed by atoms with Crippen LogP contribution in [0.15, 0.2) is 23.4 Å². The number of rotatable bonds is 5. The molecule has 2 unspecified atom stereocenters. The largest absolute Gasteiger partial charge is 0.395 e. The standard InChI is InChI=1S/C14H21F3N2O/c1-9-10(2)12(7-6-11(9)14(15,16)17)19-13(20)5-3-4-8-18/h6-7,9,11H,3-5,8,18H2,1-2H3,(H,19,20). The van der Waals surface area contributed by atoms with Crippen LogP contribution in [-0.2, 0) is 4.79 Å². The van der Waals surface area contributed by atoms with Crippen molar-refractivity contribution in [1.29, 1.82) is 0 Å². The van der Waals surface area contributed by atoms with Gasteiger partial charge in [-0.15, -0.1) is 0 Å². The molecule has 3 nitrogen and oxygen atoms in total. The second kappa shape index (κ2) is 6.92. The van der Waals surface area contributed by atoms with Gasteiger partial charge < -0.3 is 11.1 Å². The minimum absolute atomic E-state index is 0.185. The third kappa shape index (κ3) is 4.37. The van der Waals surface area contributed by atoms with Gasteiger partial charge in [-0.05, 0) is 43.9 Å². The van der Waals surface area contributed by atoms with Crippen LogP contribution in [0.4, 0.5) is 13.2 Å². The Hall–Kier alpha value is -1.30. The number of nitrogens with two attached hydrogens (primary N) is 1. The van der Waals surface area contributed by atoms with Crippen molar-refractivity contribution in [3.05, 3.63) is 23.4 Å². The fourth-order valence-electron chi connectivity index (χ4n) is 2.19. The van der Waals surface area contributed by atoms with Crippen LogP contribution in [0.5, 0.6) is 0 Å². The maximum atomic E-state index is 12.8. The fraction of sp³-hybridized carbons (Fsp3) is 0.643. The lowest BCUT2D eigenvalue weighted by atomic mass is 9.82. The zero-order valence-corrected chi connectivity index (χ0v) is 11.8. The molecule has 0 spiro atoms. The van der Waals surface area contributed by atoms with E-state index in [4.69, 9.17) is 5.73 Å². The topological polar surface area (TPSA) is 55.1 Å². The van der Waals surface area contributed by atoms with Crippen LogP contribution in [0, 0.1) is 11.8 Å². The summed E-state index contributed by atoms with van der Waals surface area (Å²) in [6.07, 6.45) is -0.0127. The highest BCUT2D eigenvalue weighted by atomic mass is 19.4. The average molecular weight is 290 g/mol. The predicted octanol–water partition coefficient (Wildman–Crippen LogP) is 2.89. The second-order valence-corrected chi connectivity index (χ2v) is 5.11. The first-order valence-corrected chi connectivity index (χ1v) is 6.73. The third-order valence-electron chi connectivity index (χ3n) is 3.63. The molecule has 3 N–H and O–H groups in total. The van der Waals surface area contributed by atoms with Crippen molar-refractivity contribution in [3.63, 3.8) is 0 Å². The monoisotopic (exact) mass is 290 g/mol. The summed E-state index contributed by atoms with van der Waals surface area (Å²) in [5, 5.41) is 2.68. The van der Waals surface area contributed by atoms with Gasteiger partial charge in [0, 0.05) is 12.1 Å². The van der Waals surface area contributed by atoms with E-state index < -0.39 is 18.0 Å². The molecule has 1 rings (SSSR count). The summed E-state index contributed by atoms with van der Waals surface area (Å²) in [6.45, 7) is 3.68. The van der Waals surface area contributed by atoms with E-state index in [-0.39, 0.29) is 5.91 Å². The van der Waals surface area contributed by atoms with Crippen molar-refractivity contribution < 1.29 is 18.0 Å². The molecule has 0 fully saturated rings. The molecular formula is C14H21F3N2O. The van der Waals surface area contributed by atoms with E-state index in [1.807, 2.05) is 0 Å². The number of carbonyl (C=O) groups excluding carboxylic acids is 1. The third-order valence-corrected chi connectivity index (χ3v) is 3.63. The molecule has 0 heterocycles. The number of nitrogens with one attached hydrogen (secondary N) is 1. The van der Waals surface area contributed by atoms with E-state index in [1.54, 1.807) is 6.92 Å². The molecule has 114 valence electrons. The summed E-state index contributed by atoms with van der Waals surface area (Å²) in [5.41, 5.74) is 6.38. The van der Waals surface area contributed by atoms with Gasteiger partial charge in [0.15, 0.2) is 0 Å². The van der Waals surface area contributed by atoms with Gasteiger partial charge in [-0.3, -0.25) is 4.79 Å². The van der Waals surface area contributed by atoms with Gasteiger partial charge in [0.25, 0.3) is 0 Å². The summed E-state index contributed by atoms with van der Waals surface area (Å²) in [5.74, 6) is -2.34. The molecule has 1 aliphatic carbocycles. The molecule has 0 aliphatic heterocycles. The van der Waals surface area contributed by atoms with E-state index in [1.165, 1.54) is 13.0 Å². The minimum atomic E-state index is -4.26. The summed E-state index contributed by atoms with van der Waals surface area (Å²) in [6, 6.07) is 0. The molecule has 0 aromatic heterocycles. The van der Waals surface area contributed by atoms with Crippen molar-refractivity contribution in [2.24, 2.45) is 17.6 Å². The normalized spacial score (nSPS) is 23.1. The summed E-state index contributed by atoms with van der Waals surface area (Å²) in [4.78, 5) is 11.7. The Bertz CT molecular complexity index is 413. The van der Waals surface area contributed by atoms with E-state index in [2.05, 4.69) is 5.32 Å². The van der Waals surface area contributed by atoms with Gasteiger partial charge in [-0.2, -0.15) is 13.2 Å². The predicted molar refractivity (Wildman–Crippen MR) is 71.6 cm³/mol. The number of allylic oxidation sites excluding steroid dienone is 3. The first-order valence-electron chi connectivity index (χ1n) is 6.73. The summed E-state index contributed by atoms with van der Waals surface area (Å²) < 4.78 is 38.4. The van der Waals surface area contributed by atoms with Crippen LogP contribution in [0.2, 0.25) is 0 Å². The van der Waals surface area contributed by atoms with Crippen molar-refractivity contribution in [3.8, 4) is 0 Å². The Morgan fingerprint density at radius 1 is 1.40 bits per heavy atom. The van der Waals surface area contributed by atoms with Crippen LogP contribution < -0.4 is 11.1 Å². The fourth-order valence-corrected chi connectivity index (χ4v) is 2.19. The van der Waals surface area contributed by atoms with Gasteiger partial charge in [-0.1, -0.05) is 13.0 Å². The lowest BCUT2D eigenvalue weighted by Crippen LogP contribution is -2.33. The van der Waals surface area contributed by atoms with E-state index in [0.717, 1.165) is 12.5 Å². The highest BCUT2D eigenvalue weighted by Crippen LogP contribution is 2.39. The Balaban J connectivity index is 2.67. The van der Waals surface area contributed by atoms with Gasteiger partial charge >= 0.3 is 6.18 Å². The molecule has 0 aromatic carbocycles. The first-order chi connectivity index (χ1) is 9.27. The number of carbonyl (C=O) groups is 1. The summed E-state index contributed by atoms with van der Waals surface area (Å²) in [7, 11) is 0. The van der Waals surface area contributed by atoms with Gasteiger partial charge in [0.05, 0.1) is 5.92 Å². The number of alkyl halides is 3. The van der Waals surface area contributed by atoms with Gasteiger partial charge in [0.2, 0.25) is 5.91 Å². The molecule has 0 bridgehead atoms. The average Bonchev–Trinajstić information content (AvgIpc) is 2.34. The molecule has 1 aliphatic rings. The van der Waals surface area contributed by atoms with Crippen molar-refractivity contribution in [2.75, 3.05) is 6.54 Å².